The molecule has 0 aromatic heterocycles. The highest BCUT2D eigenvalue weighted by atomic mass is 16.6. The Bertz CT molecular complexity index is 460. The molecule has 1 fully saturated rings. The first-order chi connectivity index (χ1) is 9.70. The monoisotopic (exact) mass is 280 g/mol. The minimum Gasteiger partial charge on any atom is -0.496 e. The molecule has 20 heavy (non-hydrogen) atoms. The van der Waals surface area contributed by atoms with E-state index in [2.05, 4.69) is 5.32 Å². The molecule has 0 atom stereocenters. The average molecular weight is 280 g/mol. The molecule has 1 N–H and O–H groups in total. The Hall–Kier alpha value is -1.82. The van der Waals surface area contributed by atoms with Gasteiger partial charge in [0.15, 0.2) is 0 Å². The molecule has 2 rings (SSSR count). The molecule has 0 saturated heterocycles. The molecule has 0 heterocycles. The van der Waals surface area contributed by atoms with E-state index in [1.54, 1.807) is 12.1 Å². The molecule has 0 aliphatic heterocycles. The van der Waals surface area contributed by atoms with Crippen molar-refractivity contribution in [1.29, 1.82) is 0 Å². The van der Waals surface area contributed by atoms with Crippen LogP contribution in [0.1, 0.15) is 19.3 Å². The van der Waals surface area contributed by atoms with Crippen LogP contribution in [0, 0.1) is 16.0 Å². The summed E-state index contributed by atoms with van der Waals surface area (Å²) in [5.74, 6) is 1.25. The molecule has 1 aromatic carbocycles. The van der Waals surface area contributed by atoms with E-state index < -0.39 is 4.92 Å². The first kappa shape index (κ1) is 14.6. The van der Waals surface area contributed by atoms with E-state index in [4.69, 9.17) is 9.47 Å². The van der Waals surface area contributed by atoms with Gasteiger partial charge in [-0.15, -0.1) is 0 Å². The molecule has 0 spiro atoms. The van der Waals surface area contributed by atoms with E-state index in [1.807, 2.05) is 0 Å². The molecule has 1 aromatic rings. The van der Waals surface area contributed by atoms with Crippen molar-refractivity contribution >= 4 is 11.4 Å². The van der Waals surface area contributed by atoms with Gasteiger partial charge in [-0.3, -0.25) is 10.1 Å². The number of nitro groups is 1. The van der Waals surface area contributed by atoms with Crippen LogP contribution in [0.25, 0.3) is 0 Å². The fraction of sp³-hybridized carbons (Fsp3) is 0.571. The Morgan fingerprint density at radius 2 is 2.25 bits per heavy atom. The third kappa shape index (κ3) is 4.38. The van der Waals surface area contributed by atoms with Gasteiger partial charge in [0.1, 0.15) is 11.4 Å². The molecular formula is C14H20N2O4. The molecule has 0 radical (unpaired) electrons. The fourth-order valence-corrected chi connectivity index (χ4v) is 1.87. The number of anilines is 1. The third-order valence-corrected chi connectivity index (χ3v) is 3.23. The van der Waals surface area contributed by atoms with E-state index in [0.29, 0.717) is 24.6 Å². The zero-order valence-corrected chi connectivity index (χ0v) is 11.6. The first-order valence-electron chi connectivity index (χ1n) is 6.84. The minimum atomic E-state index is -0.408. The Morgan fingerprint density at radius 3 is 2.90 bits per heavy atom. The van der Waals surface area contributed by atoms with Crippen LogP contribution in [0.3, 0.4) is 0 Å². The second kappa shape index (κ2) is 7.09. The van der Waals surface area contributed by atoms with E-state index in [9.17, 15) is 10.1 Å². The molecule has 1 aliphatic rings. The summed E-state index contributed by atoms with van der Waals surface area (Å²) < 4.78 is 10.5. The molecule has 110 valence electrons. The third-order valence-electron chi connectivity index (χ3n) is 3.23. The van der Waals surface area contributed by atoms with Gasteiger partial charge in [-0.2, -0.15) is 0 Å². The van der Waals surface area contributed by atoms with Crippen LogP contribution in [-0.2, 0) is 4.74 Å². The normalized spacial score (nSPS) is 14.1. The van der Waals surface area contributed by atoms with E-state index >= 15 is 0 Å². The lowest BCUT2D eigenvalue weighted by molar-refractivity contribution is -0.384. The lowest BCUT2D eigenvalue weighted by Gasteiger charge is -2.08. The Morgan fingerprint density at radius 1 is 1.45 bits per heavy atom. The number of methoxy groups -OCH3 is 1. The summed E-state index contributed by atoms with van der Waals surface area (Å²) in [5.41, 5.74) is 0.543. The van der Waals surface area contributed by atoms with Crippen LogP contribution < -0.4 is 10.1 Å². The Labute approximate surface area is 118 Å². The standard InChI is InChI=1S/C14H20N2O4/c1-19-12-5-6-13(14(9-12)16(17)18)15-7-2-8-20-10-11-3-4-11/h5-6,9,11,15H,2-4,7-8,10H2,1H3. The van der Waals surface area contributed by atoms with Gasteiger partial charge >= 0.3 is 0 Å². The minimum absolute atomic E-state index is 0.0308. The summed E-state index contributed by atoms with van der Waals surface area (Å²) in [4.78, 5) is 10.6. The topological polar surface area (TPSA) is 73.6 Å². The second-order valence-electron chi connectivity index (χ2n) is 4.94. The highest BCUT2D eigenvalue weighted by molar-refractivity contribution is 5.63. The zero-order chi connectivity index (χ0) is 14.4. The Balaban J connectivity index is 1.77. The number of nitrogens with one attached hydrogen (secondary N) is 1. The predicted octanol–water partition coefficient (Wildman–Crippen LogP) is 2.83. The van der Waals surface area contributed by atoms with Crippen molar-refractivity contribution in [2.75, 3.05) is 32.2 Å². The van der Waals surface area contributed by atoms with Crippen molar-refractivity contribution in [2.24, 2.45) is 5.92 Å². The van der Waals surface area contributed by atoms with Gasteiger partial charge in [0, 0.05) is 19.8 Å². The molecule has 6 heteroatoms. The highest BCUT2D eigenvalue weighted by Crippen LogP contribution is 2.29. The van der Waals surface area contributed by atoms with Gasteiger partial charge in [-0.25, -0.2) is 0 Å². The van der Waals surface area contributed by atoms with Crippen LogP contribution >= 0.6 is 0 Å². The van der Waals surface area contributed by atoms with Crippen LogP contribution in [0.2, 0.25) is 0 Å². The highest BCUT2D eigenvalue weighted by Gasteiger charge is 2.20. The number of ether oxygens (including phenoxy) is 2. The van der Waals surface area contributed by atoms with Crippen molar-refractivity contribution in [2.45, 2.75) is 19.3 Å². The lowest BCUT2D eigenvalue weighted by atomic mass is 10.2. The fourth-order valence-electron chi connectivity index (χ4n) is 1.87. The summed E-state index contributed by atoms with van der Waals surface area (Å²) >= 11 is 0. The molecule has 0 amide bonds. The van der Waals surface area contributed by atoms with Gasteiger partial charge in [0.05, 0.1) is 18.1 Å². The summed E-state index contributed by atoms with van der Waals surface area (Å²) in [5, 5.41) is 14.1. The smallest absolute Gasteiger partial charge is 0.296 e. The number of benzene rings is 1. The maximum atomic E-state index is 11.0. The van der Waals surface area contributed by atoms with Gasteiger partial charge in [-0.05, 0) is 37.3 Å². The van der Waals surface area contributed by atoms with Gasteiger partial charge in [0.2, 0.25) is 0 Å². The predicted molar refractivity (Wildman–Crippen MR) is 76.3 cm³/mol. The SMILES string of the molecule is COc1ccc(NCCCOCC2CC2)c([N+](=O)[O-])c1. The van der Waals surface area contributed by atoms with Crippen molar-refractivity contribution in [1.82, 2.24) is 0 Å². The summed E-state index contributed by atoms with van der Waals surface area (Å²) in [6.45, 7) is 2.19. The summed E-state index contributed by atoms with van der Waals surface area (Å²) in [6.07, 6.45) is 3.41. The average Bonchev–Trinajstić information content (AvgIpc) is 3.26. The lowest BCUT2D eigenvalue weighted by Crippen LogP contribution is -2.08. The number of hydrogen-bond acceptors (Lipinski definition) is 5. The van der Waals surface area contributed by atoms with Crippen LogP contribution in [0.15, 0.2) is 18.2 Å². The quantitative estimate of drug-likeness (QED) is 0.428. The number of nitro benzene ring substituents is 1. The van der Waals surface area contributed by atoms with Crippen molar-refractivity contribution in [3.05, 3.63) is 28.3 Å². The van der Waals surface area contributed by atoms with Crippen molar-refractivity contribution in [3.63, 3.8) is 0 Å². The van der Waals surface area contributed by atoms with Crippen molar-refractivity contribution < 1.29 is 14.4 Å². The largest absolute Gasteiger partial charge is 0.496 e. The van der Waals surface area contributed by atoms with Gasteiger partial charge < -0.3 is 14.8 Å². The maximum Gasteiger partial charge on any atom is 0.296 e. The van der Waals surface area contributed by atoms with Crippen molar-refractivity contribution in [3.8, 4) is 5.75 Å². The molecule has 1 aliphatic carbocycles. The molecule has 0 bridgehead atoms. The van der Waals surface area contributed by atoms with Crippen LogP contribution in [-0.4, -0.2) is 31.8 Å². The Kier molecular flexibility index (Phi) is 5.17. The number of hydrogen-bond donors (Lipinski definition) is 1. The second-order valence-corrected chi connectivity index (χ2v) is 4.94. The molecule has 1 saturated carbocycles. The van der Waals surface area contributed by atoms with E-state index in [1.165, 1.54) is 26.0 Å². The maximum absolute atomic E-state index is 11.0. The molecule has 0 unspecified atom stereocenters. The van der Waals surface area contributed by atoms with E-state index in [0.717, 1.165) is 18.9 Å². The number of nitrogens with zero attached hydrogens (tertiary/aromatic N) is 1. The van der Waals surface area contributed by atoms with Gasteiger partial charge in [-0.1, -0.05) is 0 Å². The summed E-state index contributed by atoms with van der Waals surface area (Å²) in [7, 11) is 1.49. The van der Waals surface area contributed by atoms with Gasteiger partial charge in [0.25, 0.3) is 5.69 Å². The molecular weight excluding hydrogens is 260 g/mol. The zero-order valence-electron chi connectivity index (χ0n) is 11.6. The number of rotatable bonds is 9. The van der Waals surface area contributed by atoms with E-state index in [-0.39, 0.29) is 5.69 Å². The first-order valence-corrected chi connectivity index (χ1v) is 6.84. The van der Waals surface area contributed by atoms with Crippen LogP contribution in [0.5, 0.6) is 5.75 Å². The molecule has 6 nitrogen and oxygen atoms in total. The summed E-state index contributed by atoms with van der Waals surface area (Å²) in [6, 6.07) is 4.80. The van der Waals surface area contributed by atoms with Crippen LogP contribution in [0.4, 0.5) is 11.4 Å².